The number of hydrogen-bond donors (Lipinski definition) is 2. The van der Waals surface area contributed by atoms with Gasteiger partial charge in [0.2, 0.25) is 4.80 Å². The van der Waals surface area contributed by atoms with Gasteiger partial charge in [0, 0.05) is 29.6 Å². The molecule has 0 atom stereocenters. The zero-order valence-electron chi connectivity index (χ0n) is 12.0. The van der Waals surface area contributed by atoms with Crippen LogP contribution in [0.1, 0.15) is 10.6 Å². The summed E-state index contributed by atoms with van der Waals surface area (Å²) in [5.74, 6) is -1.78. The fraction of sp³-hybridized carbons (Fsp3) is 0.143. The van der Waals surface area contributed by atoms with Crippen molar-refractivity contribution in [1.29, 1.82) is 10.8 Å². The molecule has 0 fully saturated rings. The van der Waals surface area contributed by atoms with Crippen molar-refractivity contribution in [3.05, 3.63) is 45.3 Å². The first-order chi connectivity index (χ1) is 10.9. The van der Waals surface area contributed by atoms with Gasteiger partial charge in [0.25, 0.3) is 0 Å². The molecule has 0 aliphatic carbocycles. The van der Waals surface area contributed by atoms with Crippen LogP contribution in [0.15, 0.2) is 18.3 Å². The number of pyridine rings is 1. The third-order valence-electron chi connectivity index (χ3n) is 3.27. The van der Waals surface area contributed by atoms with Crippen LogP contribution in [-0.4, -0.2) is 28.4 Å². The van der Waals surface area contributed by atoms with E-state index in [-0.39, 0.29) is 39.0 Å². The third kappa shape index (κ3) is 2.79. The summed E-state index contributed by atoms with van der Waals surface area (Å²) < 4.78 is 29.8. The third-order valence-corrected chi connectivity index (χ3v) is 4.01. The summed E-state index contributed by atoms with van der Waals surface area (Å²) in [5, 5.41) is 20.4. The van der Waals surface area contributed by atoms with Crippen LogP contribution in [0.3, 0.4) is 0 Å². The van der Waals surface area contributed by atoms with Gasteiger partial charge in [-0.05, 0) is 6.92 Å². The van der Waals surface area contributed by atoms with Gasteiger partial charge in [0.1, 0.15) is 30.3 Å². The molecule has 2 heterocycles. The number of rotatable bonds is 2. The Labute approximate surface area is 135 Å². The van der Waals surface area contributed by atoms with Crippen molar-refractivity contribution >= 4 is 41.4 Å². The van der Waals surface area contributed by atoms with Crippen molar-refractivity contribution in [3.63, 3.8) is 0 Å². The van der Waals surface area contributed by atoms with Gasteiger partial charge in [0.15, 0.2) is 0 Å². The number of aryl methyl sites for hydroxylation is 1. The van der Waals surface area contributed by atoms with Gasteiger partial charge in [-0.3, -0.25) is 15.8 Å². The van der Waals surface area contributed by atoms with E-state index in [1.807, 2.05) is 0 Å². The fourth-order valence-corrected chi connectivity index (χ4v) is 2.87. The molecule has 23 heavy (non-hydrogen) atoms. The molecule has 1 aromatic carbocycles. The predicted octanol–water partition coefficient (Wildman–Crippen LogP) is 1.42. The first kappa shape index (κ1) is 15.5. The molecular formula is C14H10BF2N5S. The van der Waals surface area contributed by atoms with E-state index in [0.717, 1.165) is 22.1 Å². The van der Waals surface area contributed by atoms with Gasteiger partial charge < -0.3 is 0 Å². The van der Waals surface area contributed by atoms with Crippen LogP contribution in [-0.2, 0) is 6.42 Å². The van der Waals surface area contributed by atoms with Crippen molar-refractivity contribution < 1.29 is 8.78 Å². The molecular weight excluding hydrogens is 319 g/mol. The van der Waals surface area contributed by atoms with Crippen molar-refractivity contribution in [1.82, 2.24) is 14.8 Å². The molecule has 2 N–H and O–H groups in total. The van der Waals surface area contributed by atoms with Crippen molar-refractivity contribution in [2.24, 2.45) is 0 Å². The van der Waals surface area contributed by atoms with E-state index in [2.05, 4.69) is 10.1 Å². The zero-order valence-corrected chi connectivity index (χ0v) is 12.8. The number of fused-ring (bicyclic) bond motifs is 1. The highest BCUT2D eigenvalue weighted by molar-refractivity contribution is 7.08. The molecule has 0 bridgehead atoms. The molecule has 0 amide bonds. The average Bonchev–Trinajstić information content (AvgIpc) is 2.83. The summed E-state index contributed by atoms with van der Waals surface area (Å²) >= 11 is 1.08. The number of aromatic nitrogens is 3. The number of hydrogen-bond acceptors (Lipinski definition) is 5. The van der Waals surface area contributed by atoms with Crippen LogP contribution in [0.25, 0.3) is 10.9 Å². The topological polar surface area (TPSA) is 78.4 Å². The molecule has 114 valence electrons. The first-order valence-corrected chi connectivity index (χ1v) is 7.39. The van der Waals surface area contributed by atoms with Crippen LogP contribution in [0, 0.1) is 29.4 Å². The van der Waals surface area contributed by atoms with Gasteiger partial charge in [-0.2, -0.15) is 9.78 Å². The van der Waals surface area contributed by atoms with E-state index in [1.54, 1.807) is 6.92 Å². The molecule has 0 unspecified atom stereocenters. The normalized spacial score (nSPS) is 11.1. The zero-order chi connectivity index (χ0) is 16.7. The maximum Gasteiger partial charge on any atom is 0.206 e. The lowest BCUT2D eigenvalue weighted by molar-refractivity contribution is 0.571. The van der Waals surface area contributed by atoms with Crippen LogP contribution < -0.4 is 10.3 Å². The van der Waals surface area contributed by atoms with Gasteiger partial charge in [-0.15, -0.1) is 0 Å². The second-order valence-electron chi connectivity index (χ2n) is 4.95. The van der Waals surface area contributed by atoms with Gasteiger partial charge in [-0.1, -0.05) is 22.9 Å². The van der Waals surface area contributed by atoms with Crippen molar-refractivity contribution in [2.75, 3.05) is 0 Å². The number of nitrogens with one attached hydrogen (secondary N) is 2. The molecule has 2 radical (unpaired) electrons. The van der Waals surface area contributed by atoms with E-state index in [0.29, 0.717) is 5.01 Å². The van der Waals surface area contributed by atoms with Gasteiger partial charge in [-0.25, -0.2) is 8.78 Å². The second-order valence-corrected chi connectivity index (χ2v) is 6.13. The van der Waals surface area contributed by atoms with Crippen LogP contribution >= 0.6 is 11.3 Å². The number of halogens is 2. The highest BCUT2D eigenvalue weighted by atomic mass is 32.1. The second kappa shape index (κ2) is 5.66. The van der Waals surface area contributed by atoms with Crippen molar-refractivity contribution in [2.45, 2.75) is 13.3 Å². The van der Waals surface area contributed by atoms with E-state index in [4.69, 9.17) is 18.7 Å². The Kier molecular flexibility index (Phi) is 3.81. The summed E-state index contributed by atoms with van der Waals surface area (Å²) in [5.41, 5.74) is 0.150. The predicted molar refractivity (Wildman–Crippen MR) is 84.6 cm³/mol. The Morgan fingerprint density at radius 3 is 2.78 bits per heavy atom. The Balaban J connectivity index is 2.07. The lowest BCUT2D eigenvalue weighted by atomic mass is 9.95. The highest BCUT2D eigenvalue weighted by Gasteiger charge is 2.18. The molecule has 9 heteroatoms. The minimum Gasteiger partial charge on any atom is -0.286 e. The Morgan fingerprint density at radius 2 is 2.13 bits per heavy atom. The minimum atomic E-state index is -0.802. The molecule has 0 aliphatic heterocycles. The lowest BCUT2D eigenvalue weighted by Crippen LogP contribution is -2.26. The van der Waals surface area contributed by atoms with Crippen LogP contribution in [0.2, 0.25) is 0 Å². The Morgan fingerprint density at radius 1 is 1.39 bits per heavy atom. The monoisotopic (exact) mass is 329 g/mol. The summed E-state index contributed by atoms with van der Waals surface area (Å²) in [6.45, 7) is 1.69. The standard InChI is InChI=1S/C14H10BF2N5S/c1-6-21-22(14(19)23-6)12(18)3-8-10(16)4-11-9(13(8)17)2-7(15)5-20-11/h2,4-5,18-19H,3H2,1H3. The molecule has 0 aliphatic rings. The summed E-state index contributed by atoms with van der Waals surface area (Å²) in [6, 6.07) is 2.49. The largest absolute Gasteiger partial charge is 0.286 e. The van der Waals surface area contributed by atoms with E-state index in [1.165, 1.54) is 12.3 Å². The van der Waals surface area contributed by atoms with Crippen LogP contribution in [0.5, 0.6) is 0 Å². The minimum absolute atomic E-state index is 0.0278. The SMILES string of the molecule is [B]c1cnc2cc(F)c(CC(=N)n3nc(C)sc3=N)c(F)c2c1. The van der Waals surface area contributed by atoms with Gasteiger partial charge >= 0.3 is 0 Å². The maximum absolute atomic E-state index is 14.6. The molecule has 0 saturated heterocycles. The summed E-state index contributed by atoms with van der Waals surface area (Å²) in [6.07, 6.45) is 0.991. The smallest absolute Gasteiger partial charge is 0.206 e. The van der Waals surface area contributed by atoms with Gasteiger partial charge in [0.05, 0.1) is 5.52 Å². The molecule has 0 spiro atoms. The number of benzene rings is 1. The Bertz CT molecular complexity index is 995. The lowest BCUT2D eigenvalue weighted by Gasteiger charge is -2.09. The molecule has 5 nitrogen and oxygen atoms in total. The molecule has 3 rings (SSSR count). The quantitative estimate of drug-likeness (QED) is 0.424. The van der Waals surface area contributed by atoms with Crippen LogP contribution in [0.4, 0.5) is 8.78 Å². The van der Waals surface area contributed by atoms with Crippen molar-refractivity contribution in [3.8, 4) is 0 Å². The average molecular weight is 329 g/mol. The number of nitrogens with zero attached hydrogens (tertiary/aromatic N) is 3. The van der Waals surface area contributed by atoms with E-state index in [9.17, 15) is 8.78 Å². The molecule has 0 saturated carbocycles. The fourth-order valence-electron chi connectivity index (χ4n) is 2.23. The summed E-state index contributed by atoms with van der Waals surface area (Å²) in [7, 11) is 5.59. The van der Waals surface area contributed by atoms with E-state index < -0.39 is 11.6 Å². The molecule has 2 aromatic heterocycles. The molecule has 3 aromatic rings. The highest BCUT2D eigenvalue weighted by Crippen LogP contribution is 2.22. The maximum atomic E-state index is 14.6. The van der Waals surface area contributed by atoms with E-state index >= 15 is 0 Å². The Hall–Kier alpha value is -2.42. The summed E-state index contributed by atoms with van der Waals surface area (Å²) in [4.78, 5) is 3.92. The first-order valence-electron chi connectivity index (χ1n) is 6.58.